The van der Waals surface area contributed by atoms with Gasteiger partial charge in [0.05, 0.1) is 12.0 Å². The zero-order chi connectivity index (χ0) is 16.4. The lowest BCUT2D eigenvalue weighted by atomic mass is 9.86. The molecule has 0 atom stereocenters. The number of non-ortho nitro benzene ring substituents is 1. The lowest BCUT2D eigenvalue weighted by Crippen LogP contribution is -2.14. The summed E-state index contributed by atoms with van der Waals surface area (Å²) in [5.41, 5.74) is 3.22. The Hall–Kier alpha value is -2.95. The average Bonchev–Trinajstić information content (AvgIpc) is 2.57. The number of benzene rings is 2. The third-order valence-corrected chi connectivity index (χ3v) is 3.96. The summed E-state index contributed by atoms with van der Waals surface area (Å²) in [6.45, 7) is 0. The van der Waals surface area contributed by atoms with Gasteiger partial charge in [0.25, 0.3) is 5.69 Å². The number of rotatable bonds is 3. The van der Waals surface area contributed by atoms with Crippen molar-refractivity contribution in [3.63, 3.8) is 0 Å². The third kappa shape index (κ3) is 2.99. The third-order valence-electron chi connectivity index (χ3n) is 3.96. The van der Waals surface area contributed by atoms with Crippen LogP contribution >= 0.6 is 0 Å². The number of nitro benzene ring substituents is 1. The van der Waals surface area contributed by atoms with Crippen LogP contribution in [0.25, 0.3) is 6.08 Å². The van der Waals surface area contributed by atoms with E-state index in [0.29, 0.717) is 23.3 Å². The molecular formula is C18H15NO4. The molecule has 116 valence electrons. The molecule has 0 N–H and O–H groups in total. The van der Waals surface area contributed by atoms with Crippen LogP contribution in [0.4, 0.5) is 5.69 Å². The number of aryl methyl sites for hydroxylation is 1. The Labute approximate surface area is 133 Å². The van der Waals surface area contributed by atoms with Crippen molar-refractivity contribution >= 4 is 17.5 Å². The van der Waals surface area contributed by atoms with Crippen molar-refractivity contribution in [3.8, 4) is 5.75 Å². The molecule has 0 aliphatic heterocycles. The van der Waals surface area contributed by atoms with Crippen LogP contribution in [0.1, 0.15) is 27.9 Å². The van der Waals surface area contributed by atoms with Crippen LogP contribution in [0.15, 0.2) is 48.0 Å². The Bertz CT molecular complexity index is 806. The largest absolute Gasteiger partial charge is 0.497 e. The van der Waals surface area contributed by atoms with Crippen LogP contribution in [0.5, 0.6) is 5.75 Å². The Morgan fingerprint density at radius 2 is 1.87 bits per heavy atom. The summed E-state index contributed by atoms with van der Waals surface area (Å²) in [6, 6.07) is 11.7. The second-order valence-electron chi connectivity index (χ2n) is 5.37. The number of carbonyl (C=O) groups is 1. The van der Waals surface area contributed by atoms with E-state index >= 15 is 0 Å². The predicted molar refractivity (Wildman–Crippen MR) is 86.7 cm³/mol. The Morgan fingerprint density at radius 1 is 1.13 bits per heavy atom. The maximum atomic E-state index is 12.6. The first-order valence-electron chi connectivity index (χ1n) is 7.25. The van der Waals surface area contributed by atoms with Crippen LogP contribution in [0.2, 0.25) is 0 Å². The monoisotopic (exact) mass is 309 g/mol. The highest BCUT2D eigenvalue weighted by molar-refractivity contribution is 6.13. The molecule has 3 rings (SSSR count). The molecule has 5 heteroatoms. The van der Waals surface area contributed by atoms with E-state index < -0.39 is 4.92 Å². The number of methoxy groups -OCH3 is 1. The van der Waals surface area contributed by atoms with Gasteiger partial charge in [-0.2, -0.15) is 0 Å². The Kier molecular flexibility index (Phi) is 3.93. The molecule has 1 aliphatic rings. The lowest BCUT2D eigenvalue weighted by Gasteiger charge is -2.18. The van der Waals surface area contributed by atoms with Gasteiger partial charge in [-0.15, -0.1) is 0 Å². The number of nitrogens with zero attached hydrogens (tertiary/aromatic N) is 1. The highest BCUT2D eigenvalue weighted by Crippen LogP contribution is 2.29. The smallest absolute Gasteiger partial charge is 0.269 e. The number of allylic oxidation sites excluding steroid dienone is 1. The normalized spacial score (nSPS) is 15.3. The van der Waals surface area contributed by atoms with Crippen molar-refractivity contribution in [2.24, 2.45) is 0 Å². The summed E-state index contributed by atoms with van der Waals surface area (Å²) >= 11 is 0. The van der Waals surface area contributed by atoms with Crippen LogP contribution in [-0.2, 0) is 6.42 Å². The van der Waals surface area contributed by atoms with E-state index in [1.807, 2.05) is 12.1 Å². The van der Waals surface area contributed by atoms with Crippen molar-refractivity contribution in [1.82, 2.24) is 0 Å². The molecule has 2 aromatic carbocycles. The van der Waals surface area contributed by atoms with Crippen LogP contribution in [0, 0.1) is 10.1 Å². The molecule has 0 amide bonds. The highest BCUT2D eigenvalue weighted by atomic mass is 16.6. The van der Waals surface area contributed by atoms with Crippen molar-refractivity contribution in [2.75, 3.05) is 7.11 Å². The van der Waals surface area contributed by atoms with Gasteiger partial charge in [0.2, 0.25) is 0 Å². The van der Waals surface area contributed by atoms with Gasteiger partial charge in [-0.3, -0.25) is 14.9 Å². The van der Waals surface area contributed by atoms with E-state index in [1.165, 1.54) is 12.1 Å². The average molecular weight is 309 g/mol. The minimum Gasteiger partial charge on any atom is -0.497 e. The molecule has 0 bridgehead atoms. The number of ketones is 1. The SMILES string of the molecule is COc1ccc2c(c1)C(=O)/C(=C\c1ccc([N+](=O)[O-])cc1)CC2. The van der Waals surface area contributed by atoms with Gasteiger partial charge in [-0.25, -0.2) is 0 Å². The topological polar surface area (TPSA) is 69.4 Å². The predicted octanol–water partition coefficient (Wildman–Crippen LogP) is 3.82. The molecule has 0 spiro atoms. The van der Waals surface area contributed by atoms with Crippen molar-refractivity contribution < 1.29 is 14.5 Å². The van der Waals surface area contributed by atoms with Gasteiger partial charge in [-0.05, 0) is 54.3 Å². The highest BCUT2D eigenvalue weighted by Gasteiger charge is 2.22. The van der Waals surface area contributed by atoms with E-state index in [-0.39, 0.29) is 11.5 Å². The molecule has 2 aromatic rings. The summed E-state index contributed by atoms with van der Waals surface area (Å²) in [5.74, 6) is 0.650. The summed E-state index contributed by atoms with van der Waals surface area (Å²) < 4.78 is 5.18. The number of carbonyl (C=O) groups excluding carboxylic acids is 1. The van der Waals surface area contributed by atoms with Crippen molar-refractivity contribution in [3.05, 3.63) is 74.8 Å². The molecule has 5 nitrogen and oxygen atoms in total. The molecule has 0 fully saturated rings. The summed E-state index contributed by atoms with van der Waals surface area (Å²) in [4.78, 5) is 22.9. The van der Waals surface area contributed by atoms with Crippen LogP contribution < -0.4 is 4.74 Å². The summed E-state index contributed by atoms with van der Waals surface area (Å²) in [7, 11) is 1.57. The number of hydrogen-bond acceptors (Lipinski definition) is 4. The fourth-order valence-electron chi connectivity index (χ4n) is 2.70. The van der Waals surface area contributed by atoms with Gasteiger partial charge in [-0.1, -0.05) is 6.07 Å². The second kappa shape index (κ2) is 6.04. The van der Waals surface area contributed by atoms with E-state index in [0.717, 1.165) is 17.5 Å². The fraction of sp³-hybridized carbons (Fsp3) is 0.167. The van der Waals surface area contributed by atoms with E-state index in [9.17, 15) is 14.9 Å². The van der Waals surface area contributed by atoms with Gasteiger partial charge in [0.15, 0.2) is 5.78 Å². The first-order chi connectivity index (χ1) is 11.1. The maximum Gasteiger partial charge on any atom is 0.269 e. The van der Waals surface area contributed by atoms with Crippen LogP contribution in [-0.4, -0.2) is 17.8 Å². The fourth-order valence-corrected chi connectivity index (χ4v) is 2.70. The molecule has 0 aromatic heterocycles. The van der Waals surface area contributed by atoms with Crippen molar-refractivity contribution in [2.45, 2.75) is 12.8 Å². The van der Waals surface area contributed by atoms with Gasteiger partial charge in [0.1, 0.15) is 5.75 Å². The number of fused-ring (bicyclic) bond motifs is 1. The second-order valence-corrected chi connectivity index (χ2v) is 5.37. The van der Waals surface area contributed by atoms with Gasteiger partial charge >= 0.3 is 0 Å². The first kappa shape index (κ1) is 15.0. The lowest BCUT2D eigenvalue weighted by molar-refractivity contribution is -0.384. The minimum atomic E-state index is -0.439. The van der Waals surface area contributed by atoms with Gasteiger partial charge in [0, 0.05) is 23.3 Å². The molecule has 0 saturated carbocycles. The molecule has 0 unspecified atom stereocenters. The minimum absolute atomic E-state index is 0.0106. The van der Waals surface area contributed by atoms with Gasteiger partial charge < -0.3 is 4.74 Å². The number of ether oxygens (including phenoxy) is 1. The molecular weight excluding hydrogens is 294 g/mol. The standard InChI is InChI=1S/C18H15NO4/c1-23-16-9-6-13-4-5-14(18(20)17(13)11-16)10-12-2-7-15(8-3-12)19(21)22/h2-3,6-11H,4-5H2,1H3/b14-10-. The first-order valence-corrected chi connectivity index (χ1v) is 7.25. The van der Waals surface area contributed by atoms with Crippen LogP contribution in [0.3, 0.4) is 0 Å². The van der Waals surface area contributed by atoms with E-state index in [4.69, 9.17) is 4.74 Å². The zero-order valence-corrected chi connectivity index (χ0v) is 12.6. The Balaban J connectivity index is 1.91. The maximum absolute atomic E-state index is 12.6. The quantitative estimate of drug-likeness (QED) is 0.491. The summed E-state index contributed by atoms with van der Waals surface area (Å²) in [6.07, 6.45) is 3.26. The van der Waals surface area contributed by atoms with E-state index in [2.05, 4.69) is 0 Å². The number of Topliss-reactive ketones (excluding diaryl/α,β-unsaturated/α-hetero) is 1. The van der Waals surface area contributed by atoms with E-state index in [1.54, 1.807) is 31.4 Å². The zero-order valence-electron chi connectivity index (χ0n) is 12.6. The number of nitro groups is 1. The molecule has 1 aliphatic carbocycles. The Morgan fingerprint density at radius 3 is 2.52 bits per heavy atom. The number of hydrogen-bond donors (Lipinski definition) is 0. The molecule has 0 radical (unpaired) electrons. The molecule has 0 saturated heterocycles. The molecule has 23 heavy (non-hydrogen) atoms. The summed E-state index contributed by atoms with van der Waals surface area (Å²) in [5, 5.41) is 10.7. The van der Waals surface area contributed by atoms with Crippen molar-refractivity contribution in [1.29, 1.82) is 0 Å². The molecule has 0 heterocycles.